The summed E-state index contributed by atoms with van der Waals surface area (Å²) in [4.78, 5) is 39.0. The number of hydrogen-bond acceptors (Lipinski definition) is 11. The third-order valence-electron chi connectivity index (χ3n) is 6.94. The Bertz CT molecular complexity index is 1090. The van der Waals surface area contributed by atoms with Gasteiger partial charge in [-0.25, -0.2) is 4.79 Å². The minimum Gasteiger partial charge on any atom is -0.394 e. The van der Waals surface area contributed by atoms with Crippen molar-refractivity contribution in [1.82, 2.24) is 9.80 Å². The van der Waals surface area contributed by atoms with E-state index in [9.17, 15) is 25.0 Å². The zero-order valence-electron chi connectivity index (χ0n) is 22.3. The Morgan fingerprint density at radius 2 is 1.12 bits per heavy atom. The van der Waals surface area contributed by atoms with Gasteiger partial charge in [-0.15, -0.1) is 0 Å². The molecule has 2 heterocycles. The first-order valence-corrected chi connectivity index (χ1v) is 13.4. The summed E-state index contributed by atoms with van der Waals surface area (Å²) in [7, 11) is 0. The summed E-state index contributed by atoms with van der Waals surface area (Å²) >= 11 is 0. The number of nitro groups is 2. The van der Waals surface area contributed by atoms with Gasteiger partial charge in [0.1, 0.15) is 11.5 Å². The summed E-state index contributed by atoms with van der Waals surface area (Å²) in [6.45, 7) is 7.58. The number of ether oxygens (including phenoxy) is 4. The van der Waals surface area contributed by atoms with E-state index in [4.69, 9.17) is 18.9 Å². The highest BCUT2D eigenvalue weighted by atomic mass is 16.7. The molecular weight excluding hydrogens is 524 g/mol. The van der Waals surface area contributed by atoms with E-state index in [0.29, 0.717) is 63.2 Å². The molecule has 2 aromatic rings. The molecule has 13 heteroatoms. The van der Waals surface area contributed by atoms with Crippen molar-refractivity contribution in [3.05, 3.63) is 67.8 Å². The molecule has 2 aromatic carbocycles. The Balaban J connectivity index is 1.41. The van der Waals surface area contributed by atoms with Gasteiger partial charge in [0, 0.05) is 61.6 Å². The van der Waals surface area contributed by atoms with Crippen LogP contribution in [0.1, 0.15) is 24.0 Å². The lowest BCUT2D eigenvalue weighted by Gasteiger charge is -2.26. The molecular formula is C27H34N4O9. The number of nitrogens with zero attached hydrogens (tertiary/aromatic N) is 4. The molecule has 40 heavy (non-hydrogen) atoms. The van der Waals surface area contributed by atoms with Crippen molar-refractivity contribution in [2.24, 2.45) is 0 Å². The maximum atomic E-state index is 12.8. The van der Waals surface area contributed by atoms with Gasteiger partial charge in [-0.05, 0) is 50.9 Å². The molecule has 216 valence electrons. The number of carbonyl (C=O) groups excluding carboxylic acids is 1. The fourth-order valence-electron chi connectivity index (χ4n) is 4.78. The Morgan fingerprint density at radius 1 is 0.725 bits per heavy atom. The van der Waals surface area contributed by atoms with Crippen molar-refractivity contribution in [1.29, 1.82) is 0 Å². The average molecular weight is 559 g/mol. The summed E-state index contributed by atoms with van der Waals surface area (Å²) in [5.74, 6) is 0.349. The number of rotatable bonds is 12. The van der Waals surface area contributed by atoms with Gasteiger partial charge >= 0.3 is 6.16 Å². The van der Waals surface area contributed by atoms with E-state index < -0.39 is 16.0 Å². The number of morpholine rings is 2. The van der Waals surface area contributed by atoms with Gasteiger partial charge < -0.3 is 18.9 Å². The zero-order valence-corrected chi connectivity index (χ0v) is 22.3. The van der Waals surface area contributed by atoms with Gasteiger partial charge in [0.05, 0.1) is 36.3 Å². The maximum absolute atomic E-state index is 12.8. The predicted molar refractivity (Wildman–Crippen MR) is 144 cm³/mol. The topological polar surface area (TPSA) is 147 Å². The fraction of sp³-hybridized carbons (Fsp3) is 0.519. The summed E-state index contributed by atoms with van der Waals surface area (Å²) in [6.07, 6.45) is 1.33. The summed E-state index contributed by atoms with van der Waals surface area (Å²) in [6, 6.07) is 8.15. The van der Waals surface area contributed by atoms with E-state index in [0.717, 1.165) is 39.3 Å². The molecule has 0 amide bonds. The Kier molecular flexibility index (Phi) is 10.7. The van der Waals surface area contributed by atoms with E-state index in [1.54, 1.807) is 0 Å². The van der Waals surface area contributed by atoms with Crippen LogP contribution in [-0.4, -0.2) is 91.5 Å². The van der Waals surface area contributed by atoms with Crippen molar-refractivity contribution in [2.45, 2.75) is 25.7 Å². The lowest BCUT2D eigenvalue weighted by Crippen LogP contribution is -2.37. The van der Waals surface area contributed by atoms with Crippen molar-refractivity contribution < 1.29 is 33.6 Å². The van der Waals surface area contributed by atoms with Gasteiger partial charge in [0.15, 0.2) is 0 Å². The molecule has 0 aromatic heterocycles. The van der Waals surface area contributed by atoms with Crippen LogP contribution >= 0.6 is 0 Å². The highest BCUT2D eigenvalue weighted by molar-refractivity contribution is 5.69. The minimum absolute atomic E-state index is 0.0972. The van der Waals surface area contributed by atoms with Crippen LogP contribution in [0.4, 0.5) is 16.2 Å². The van der Waals surface area contributed by atoms with Crippen LogP contribution in [0.2, 0.25) is 0 Å². The third kappa shape index (κ3) is 8.68. The van der Waals surface area contributed by atoms with Crippen molar-refractivity contribution in [2.75, 3.05) is 65.7 Å². The third-order valence-corrected chi connectivity index (χ3v) is 6.94. The Hall–Kier alpha value is -3.65. The van der Waals surface area contributed by atoms with Crippen LogP contribution < -0.4 is 9.47 Å². The van der Waals surface area contributed by atoms with Gasteiger partial charge in [0.25, 0.3) is 11.4 Å². The summed E-state index contributed by atoms with van der Waals surface area (Å²) < 4.78 is 21.7. The molecule has 0 N–H and O–H groups in total. The quantitative estimate of drug-likeness (QED) is 0.163. The molecule has 0 saturated carbocycles. The normalized spacial score (nSPS) is 16.4. The second kappa shape index (κ2) is 14.7. The van der Waals surface area contributed by atoms with Crippen molar-refractivity contribution in [3.63, 3.8) is 0 Å². The van der Waals surface area contributed by atoms with E-state index in [-0.39, 0.29) is 22.9 Å². The van der Waals surface area contributed by atoms with E-state index in [1.165, 1.54) is 36.4 Å². The second-order valence-electron chi connectivity index (χ2n) is 9.67. The number of aryl methyl sites for hydroxylation is 2. The molecule has 2 saturated heterocycles. The fourth-order valence-corrected chi connectivity index (χ4v) is 4.78. The molecule has 0 aliphatic carbocycles. The smallest absolute Gasteiger partial charge is 0.394 e. The molecule has 0 unspecified atom stereocenters. The first-order chi connectivity index (χ1) is 19.4. The van der Waals surface area contributed by atoms with Crippen molar-refractivity contribution >= 4 is 17.5 Å². The van der Waals surface area contributed by atoms with Crippen LogP contribution in [0, 0.1) is 20.2 Å². The number of hydrogen-bond donors (Lipinski definition) is 0. The van der Waals surface area contributed by atoms with Gasteiger partial charge in [-0.2, -0.15) is 0 Å². The molecule has 0 atom stereocenters. The van der Waals surface area contributed by atoms with Crippen LogP contribution in [0.15, 0.2) is 36.4 Å². The molecule has 0 bridgehead atoms. The average Bonchev–Trinajstić information content (AvgIpc) is 2.95. The van der Waals surface area contributed by atoms with E-state index in [1.807, 2.05) is 0 Å². The monoisotopic (exact) mass is 558 g/mol. The zero-order chi connectivity index (χ0) is 28.3. The second-order valence-corrected chi connectivity index (χ2v) is 9.67. The molecule has 0 spiro atoms. The lowest BCUT2D eigenvalue weighted by atomic mass is 10.1. The first-order valence-electron chi connectivity index (χ1n) is 13.4. The van der Waals surface area contributed by atoms with Crippen LogP contribution in [0.3, 0.4) is 0 Å². The number of nitro benzene ring substituents is 2. The summed E-state index contributed by atoms with van der Waals surface area (Å²) in [5, 5.41) is 22.7. The number of benzene rings is 2. The minimum atomic E-state index is -1.02. The van der Waals surface area contributed by atoms with E-state index >= 15 is 0 Å². The maximum Gasteiger partial charge on any atom is 0.519 e. The molecule has 2 aliphatic heterocycles. The highest BCUT2D eigenvalue weighted by Gasteiger charge is 2.20. The number of non-ortho nitro benzene ring substituents is 2. The van der Waals surface area contributed by atoms with Crippen LogP contribution in [0.25, 0.3) is 0 Å². The van der Waals surface area contributed by atoms with Crippen LogP contribution in [-0.2, 0) is 22.3 Å². The molecule has 4 rings (SSSR count). The van der Waals surface area contributed by atoms with Crippen molar-refractivity contribution in [3.8, 4) is 11.5 Å². The molecule has 0 radical (unpaired) electrons. The predicted octanol–water partition coefficient (Wildman–Crippen LogP) is 3.61. The van der Waals surface area contributed by atoms with Gasteiger partial charge in [-0.3, -0.25) is 30.0 Å². The largest absolute Gasteiger partial charge is 0.519 e. The van der Waals surface area contributed by atoms with Gasteiger partial charge in [0.2, 0.25) is 0 Å². The highest BCUT2D eigenvalue weighted by Crippen LogP contribution is 2.29. The van der Waals surface area contributed by atoms with E-state index in [2.05, 4.69) is 9.80 Å². The standard InChI is InChI=1S/C27H34N4O9/c32-27(39-25-7-5-23(30(33)34)19-21(25)3-1-9-28-11-15-37-16-12-28)40-26-8-6-24(31(35)36)20-22(26)4-2-10-29-13-17-38-18-14-29/h5-8,19-20H,1-4,9-18H2. The van der Waals surface area contributed by atoms with Crippen LogP contribution in [0.5, 0.6) is 11.5 Å². The molecule has 2 fully saturated rings. The lowest BCUT2D eigenvalue weighted by molar-refractivity contribution is -0.385. The molecule has 2 aliphatic rings. The Labute approximate surface area is 231 Å². The SMILES string of the molecule is O=C(Oc1ccc([N+](=O)[O-])cc1CCCN1CCOCC1)Oc1ccc([N+](=O)[O-])cc1CCCN1CCOCC1. The number of carbonyl (C=O) groups is 1. The van der Waals surface area contributed by atoms with Gasteiger partial charge in [-0.1, -0.05) is 0 Å². The first kappa shape index (κ1) is 29.3. The molecule has 13 nitrogen and oxygen atoms in total. The Morgan fingerprint density at radius 3 is 1.50 bits per heavy atom. The summed E-state index contributed by atoms with van der Waals surface area (Å²) in [5.41, 5.74) is 0.850.